The van der Waals surface area contributed by atoms with Gasteiger partial charge in [-0.05, 0) is 45.7 Å². The van der Waals surface area contributed by atoms with Gasteiger partial charge in [-0.1, -0.05) is 24.4 Å². The second-order valence-corrected chi connectivity index (χ2v) is 8.29. The molecule has 3 fully saturated rings. The molecule has 0 unspecified atom stereocenters. The fourth-order valence-electron chi connectivity index (χ4n) is 4.54. The fourth-order valence-corrected chi connectivity index (χ4v) is 4.54. The number of nitrogens with one attached hydrogen (secondary N) is 2. The number of carbonyl (C=O) groups is 3. The maximum absolute atomic E-state index is 12.7. The second kappa shape index (κ2) is 8.10. The monoisotopic (exact) mass is 404 g/mol. The number of urea groups is 1. The molecular weight excluding hydrogens is 376 g/mol. The van der Waals surface area contributed by atoms with E-state index in [0.29, 0.717) is 31.1 Å². The van der Waals surface area contributed by atoms with E-state index in [1.165, 1.54) is 0 Å². The van der Waals surface area contributed by atoms with Crippen LogP contribution in [-0.4, -0.2) is 63.1 Å². The van der Waals surface area contributed by atoms with E-state index in [2.05, 4.69) is 25.8 Å². The van der Waals surface area contributed by atoms with Gasteiger partial charge in [0.25, 0.3) is 5.91 Å². The number of hydrogen-bond acceptors (Lipinski definition) is 7. The minimum atomic E-state index is -0.822. The number of rotatable bonds is 5. The van der Waals surface area contributed by atoms with Gasteiger partial charge >= 0.3 is 6.03 Å². The highest BCUT2D eigenvalue weighted by atomic mass is 16.5. The molecule has 10 heteroatoms. The standard InChI is InChI=1S/C19H28N6O4/c1-13-20-16(29-23-13)14-5-10-24(11-6-14)12-7-15(26)22-25-17(27)19(21-18(25)28)8-3-2-4-9-19/h14H,2-12H2,1H3,(H,21,28)(H,22,26). The summed E-state index contributed by atoms with van der Waals surface area (Å²) in [5.41, 5.74) is 1.68. The molecule has 0 bridgehead atoms. The van der Waals surface area contributed by atoms with Crippen molar-refractivity contribution in [2.75, 3.05) is 19.6 Å². The quantitative estimate of drug-likeness (QED) is 0.708. The van der Waals surface area contributed by atoms with Crippen LogP contribution >= 0.6 is 0 Å². The number of aromatic nitrogens is 2. The SMILES string of the molecule is Cc1noc(C2CCN(CCC(=O)NN3C(=O)NC4(CCCCC4)C3=O)CC2)n1. The predicted octanol–water partition coefficient (Wildman–Crippen LogP) is 1.23. The number of imide groups is 1. The highest BCUT2D eigenvalue weighted by Gasteiger charge is 2.52. The lowest BCUT2D eigenvalue weighted by molar-refractivity contribution is -0.140. The number of carbonyl (C=O) groups excluding carboxylic acids is 3. The van der Waals surface area contributed by atoms with Crippen molar-refractivity contribution in [1.29, 1.82) is 0 Å². The van der Waals surface area contributed by atoms with Gasteiger partial charge < -0.3 is 14.7 Å². The summed E-state index contributed by atoms with van der Waals surface area (Å²) in [6.45, 7) is 4.07. The molecule has 1 aromatic heterocycles. The van der Waals surface area contributed by atoms with Crippen molar-refractivity contribution >= 4 is 17.8 Å². The first kappa shape index (κ1) is 19.8. The molecule has 1 aromatic rings. The van der Waals surface area contributed by atoms with Crippen LogP contribution in [0.3, 0.4) is 0 Å². The molecule has 0 radical (unpaired) electrons. The topological polar surface area (TPSA) is 121 Å². The first-order valence-corrected chi connectivity index (χ1v) is 10.5. The average molecular weight is 404 g/mol. The number of amides is 4. The normalized spacial score (nSPS) is 22.9. The van der Waals surface area contributed by atoms with Crippen molar-refractivity contribution in [1.82, 2.24) is 30.8 Å². The summed E-state index contributed by atoms with van der Waals surface area (Å²) in [7, 11) is 0. The second-order valence-electron chi connectivity index (χ2n) is 8.29. The summed E-state index contributed by atoms with van der Waals surface area (Å²) < 4.78 is 5.26. The van der Waals surface area contributed by atoms with Crippen molar-refractivity contribution in [2.24, 2.45) is 0 Å². The molecule has 4 rings (SSSR count). The summed E-state index contributed by atoms with van der Waals surface area (Å²) >= 11 is 0. The molecule has 1 aliphatic carbocycles. The maximum Gasteiger partial charge on any atom is 0.344 e. The van der Waals surface area contributed by atoms with Crippen molar-refractivity contribution in [3.05, 3.63) is 11.7 Å². The Bertz CT molecular complexity index is 779. The van der Waals surface area contributed by atoms with E-state index in [0.717, 1.165) is 50.2 Å². The molecule has 4 amide bonds. The highest BCUT2D eigenvalue weighted by Crippen LogP contribution is 2.33. The Labute approximate surface area is 169 Å². The van der Waals surface area contributed by atoms with Crippen LogP contribution in [0.5, 0.6) is 0 Å². The lowest BCUT2D eigenvalue weighted by Gasteiger charge is -2.30. The van der Waals surface area contributed by atoms with Crippen molar-refractivity contribution in [3.8, 4) is 0 Å². The number of hydrogen-bond donors (Lipinski definition) is 2. The van der Waals surface area contributed by atoms with Gasteiger partial charge in [-0.2, -0.15) is 9.99 Å². The van der Waals surface area contributed by atoms with Gasteiger partial charge in [0.1, 0.15) is 5.54 Å². The van der Waals surface area contributed by atoms with E-state index in [1.54, 1.807) is 0 Å². The molecular formula is C19H28N6O4. The maximum atomic E-state index is 12.7. The summed E-state index contributed by atoms with van der Waals surface area (Å²) in [4.78, 5) is 43.8. The van der Waals surface area contributed by atoms with E-state index in [9.17, 15) is 14.4 Å². The Morgan fingerprint density at radius 1 is 1.24 bits per heavy atom. The van der Waals surface area contributed by atoms with Crippen molar-refractivity contribution in [2.45, 2.75) is 69.7 Å². The third-order valence-corrected chi connectivity index (χ3v) is 6.24. The molecule has 2 N–H and O–H groups in total. The number of likely N-dealkylation sites (tertiary alicyclic amines) is 1. The molecule has 3 heterocycles. The van der Waals surface area contributed by atoms with E-state index >= 15 is 0 Å². The minimum absolute atomic E-state index is 0.231. The summed E-state index contributed by atoms with van der Waals surface area (Å²) in [6.07, 6.45) is 6.20. The zero-order valence-corrected chi connectivity index (χ0v) is 16.8. The number of piperidine rings is 1. The smallest absolute Gasteiger partial charge is 0.339 e. The van der Waals surface area contributed by atoms with Crippen molar-refractivity contribution < 1.29 is 18.9 Å². The van der Waals surface area contributed by atoms with Gasteiger partial charge in [0, 0.05) is 18.9 Å². The molecule has 0 aromatic carbocycles. The van der Waals surface area contributed by atoms with E-state index in [1.807, 2.05) is 6.92 Å². The first-order valence-electron chi connectivity index (χ1n) is 10.5. The number of aryl methyl sites for hydroxylation is 1. The van der Waals surface area contributed by atoms with Gasteiger partial charge in [0.2, 0.25) is 11.8 Å². The van der Waals surface area contributed by atoms with Gasteiger partial charge in [-0.25, -0.2) is 4.79 Å². The lowest BCUT2D eigenvalue weighted by Crippen LogP contribution is -2.51. The Hall–Kier alpha value is -2.49. The zero-order chi connectivity index (χ0) is 20.4. The van der Waals surface area contributed by atoms with E-state index < -0.39 is 11.6 Å². The van der Waals surface area contributed by atoms with E-state index in [4.69, 9.17) is 4.52 Å². The summed E-state index contributed by atoms with van der Waals surface area (Å²) in [5.74, 6) is 0.950. The summed E-state index contributed by atoms with van der Waals surface area (Å²) in [5, 5.41) is 7.51. The zero-order valence-electron chi connectivity index (χ0n) is 16.8. The third kappa shape index (κ3) is 4.12. The summed E-state index contributed by atoms with van der Waals surface area (Å²) in [6, 6.07) is -0.527. The molecule has 1 saturated carbocycles. The van der Waals surface area contributed by atoms with Crippen LogP contribution in [0.4, 0.5) is 4.79 Å². The Kier molecular flexibility index (Phi) is 5.53. The van der Waals surface area contributed by atoms with Crippen molar-refractivity contribution in [3.63, 3.8) is 0 Å². The van der Waals surface area contributed by atoms with Crippen LogP contribution in [0.15, 0.2) is 4.52 Å². The van der Waals surface area contributed by atoms with E-state index in [-0.39, 0.29) is 24.2 Å². The molecule has 2 saturated heterocycles. The Morgan fingerprint density at radius 2 is 1.97 bits per heavy atom. The average Bonchev–Trinajstić information content (AvgIpc) is 3.25. The fraction of sp³-hybridized carbons (Fsp3) is 0.737. The first-order chi connectivity index (χ1) is 14.0. The Morgan fingerprint density at radius 3 is 2.62 bits per heavy atom. The minimum Gasteiger partial charge on any atom is -0.339 e. The van der Waals surface area contributed by atoms with Crippen LogP contribution in [-0.2, 0) is 9.59 Å². The third-order valence-electron chi connectivity index (χ3n) is 6.24. The largest absolute Gasteiger partial charge is 0.344 e. The van der Waals surface area contributed by atoms with Crippen LogP contribution in [0.25, 0.3) is 0 Å². The Balaban J connectivity index is 1.22. The number of hydrazine groups is 1. The molecule has 29 heavy (non-hydrogen) atoms. The van der Waals surface area contributed by atoms with Gasteiger partial charge in [0.05, 0.1) is 0 Å². The molecule has 3 aliphatic rings. The van der Waals surface area contributed by atoms with Crippen LogP contribution in [0.2, 0.25) is 0 Å². The van der Waals surface area contributed by atoms with Gasteiger partial charge in [-0.15, -0.1) is 0 Å². The highest BCUT2D eigenvalue weighted by molar-refractivity contribution is 6.08. The molecule has 0 atom stereocenters. The molecule has 1 spiro atoms. The lowest BCUT2D eigenvalue weighted by atomic mass is 9.82. The number of nitrogens with zero attached hydrogens (tertiary/aromatic N) is 4. The molecule has 2 aliphatic heterocycles. The van der Waals surface area contributed by atoms with Gasteiger partial charge in [-0.3, -0.25) is 15.0 Å². The predicted molar refractivity (Wildman–Crippen MR) is 101 cm³/mol. The van der Waals surface area contributed by atoms with Crippen LogP contribution < -0.4 is 10.7 Å². The molecule has 10 nitrogen and oxygen atoms in total. The van der Waals surface area contributed by atoms with Crippen LogP contribution in [0, 0.1) is 6.92 Å². The van der Waals surface area contributed by atoms with Crippen LogP contribution in [0.1, 0.15) is 69.0 Å². The van der Waals surface area contributed by atoms with Gasteiger partial charge in [0.15, 0.2) is 5.82 Å². The molecule has 158 valence electrons.